The molecule has 21 heavy (non-hydrogen) atoms. The Labute approximate surface area is 131 Å². The summed E-state index contributed by atoms with van der Waals surface area (Å²) >= 11 is 3.50. The van der Waals surface area contributed by atoms with E-state index >= 15 is 0 Å². The lowest BCUT2D eigenvalue weighted by Crippen LogP contribution is -1.97. The van der Waals surface area contributed by atoms with E-state index in [1.165, 1.54) is 0 Å². The molecule has 0 aliphatic carbocycles. The van der Waals surface area contributed by atoms with Crippen LogP contribution in [0.1, 0.15) is 0 Å². The van der Waals surface area contributed by atoms with Gasteiger partial charge in [-0.25, -0.2) is 4.98 Å². The average molecular weight is 344 g/mol. The predicted octanol–water partition coefficient (Wildman–Crippen LogP) is 4.68. The number of rotatable bonds is 3. The molecule has 0 atom stereocenters. The monoisotopic (exact) mass is 343 g/mol. The molecule has 0 bridgehead atoms. The molecule has 2 aromatic carbocycles. The summed E-state index contributed by atoms with van der Waals surface area (Å²) < 4.78 is 12.1. The molecule has 106 valence electrons. The topological polar surface area (TPSA) is 31.4 Å². The van der Waals surface area contributed by atoms with Gasteiger partial charge in [-0.05, 0) is 29.8 Å². The number of para-hydroxylation sites is 1. The van der Waals surface area contributed by atoms with Crippen molar-refractivity contribution in [1.29, 1.82) is 0 Å². The van der Waals surface area contributed by atoms with E-state index in [-0.39, 0.29) is 0 Å². The zero-order valence-corrected chi connectivity index (χ0v) is 13.3. The molecule has 1 aromatic heterocycles. The molecule has 1 heterocycles. The first-order valence-corrected chi connectivity index (χ1v) is 7.30. The minimum Gasteiger partial charge on any atom is -0.495 e. The third-order valence-electron chi connectivity index (χ3n) is 3.32. The van der Waals surface area contributed by atoms with Crippen LogP contribution >= 0.6 is 15.9 Å². The number of fused-ring (bicyclic) bond motifs is 1. The maximum Gasteiger partial charge on any atom is 0.225 e. The number of methoxy groups -OCH3 is 2. The second kappa shape index (κ2) is 5.74. The van der Waals surface area contributed by atoms with Crippen molar-refractivity contribution in [2.24, 2.45) is 0 Å². The van der Waals surface area contributed by atoms with Crippen molar-refractivity contribution < 1.29 is 9.47 Å². The molecular formula is C17H14BrNO2. The van der Waals surface area contributed by atoms with Gasteiger partial charge >= 0.3 is 0 Å². The Morgan fingerprint density at radius 3 is 2.48 bits per heavy atom. The second-order valence-electron chi connectivity index (χ2n) is 4.56. The van der Waals surface area contributed by atoms with Gasteiger partial charge in [0, 0.05) is 9.86 Å². The minimum atomic E-state index is 0.559. The van der Waals surface area contributed by atoms with E-state index in [2.05, 4.69) is 20.9 Å². The fourth-order valence-corrected chi connectivity index (χ4v) is 2.82. The number of ether oxygens (including phenoxy) is 2. The molecule has 0 saturated heterocycles. The molecule has 0 unspecified atom stereocenters. The van der Waals surface area contributed by atoms with E-state index in [0.717, 1.165) is 32.3 Å². The van der Waals surface area contributed by atoms with Gasteiger partial charge < -0.3 is 9.47 Å². The lowest BCUT2D eigenvalue weighted by Gasteiger charge is -2.15. The van der Waals surface area contributed by atoms with Gasteiger partial charge in [0.05, 0.1) is 25.3 Å². The van der Waals surface area contributed by atoms with E-state index < -0.39 is 0 Å². The van der Waals surface area contributed by atoms with Gasteiger partial charge in [-0.3, -0.25) is 0 Å². The highest BCUT2D eigenvalue weighted by molar-refractivity contribution is 9.10. The van der Waals surface area contributed by atoms with Crippen molar-refractivity contribution in [3.8, 4) is 22.8 Å². The number of hydrogen-bond donors (Lipinski definition) is 0. The predicted molar refractivity (Wildman–Crippen MR) is 88.0 cm³/mol. The van der Waals surface area contributed by atoms with E-state index in [4.69, 9.17) is 9.47 Å². The Hall–Kier alpha value is -2.07. The van der Waals surface area contributed by atoms with Crippen molar-refractivity contribution >= 4 is 26.8 Å². The van der Waals surface area contributed by atoms with E-state index in [1.54, 1.807) is 14.2 Å². The largest absolute Gasteiger partial charge is 0.495 e. The molecule has 0 fully saturated rings. The van der Waals surface area contributed by atoms with Crippen LogP contribution < -0.4 is 9.47 Å². The second-order valence-corrected chi connectivity index (χ2v) is 5.47. The molecule has 0 saturated carbocycles. The molecule has 3 aromatic rings. The number of aromatic nitrogens is 1. The Morgan fingerprint density at radius 1 is 0.952 bits per heavy atom. The van der Waals surface area contributed by atoms with Crippen molar-refractivity contribution in [1.82, 2.24) is 4.98 Å². The molecule has 0 amide bonds. The maximum absolute atomic E-state index is 5.66. The van der Waals surface area contributed by atoms with E-state index in [9.17, 15) is 0 Å². The number of halogens is 1. The fraction of sp³-hybridized carbons (Fsp3) is 0.118. The summed E-state index contributed by atoms with van der Waals surface area (Å²) in [6, 6.07) is 15.9. The van der Waals surface area contributed by atoms with Crippen LogP contribution in [0, 0.1) is 0 Å². The lowest BCUT2D eigenvalue weighted by molar-refractivity contribution is 0.389. The normalized spacial score (nSPS) is 10.6. The van der Waals surface area contributed by atoms with Gasteiger partial charge in [0.1, 0.15) is 5.75 Å². The van der Waals surface area contributed by atoms with Gasteiger partial charge in [0.25, 0.3) is 0 Å². The summed E-state index contributed by atoms with van der Waals surface area (Å²) in [5.41, 5.74) is 2.71. The summed E-state index contributed by atoms with van der Waals surface area (Å²) in [5.74, 6) is 1.33. The highest BCUT2D eigenvalue weighted by atomic mass is 79.9. The standard InChI is InChI=1S/C17H14BrNO2/c1-20-16-13-8-3-4-9-14(13)19-17(21-2)15(16)11-6-5-7-12(18)10-11/h3-10H,1-2H3. The summed E-state index contributed by atoms with van der Waals surface area (Å²) in [5, 5.41) is 0.968. The van der Waals surface area contributed by atoms with Crippen LogP contribution in [0.2, 0.25) is 0 Å². The van der Waals surface area contributed by atoms with Crippen LogP contribution in [-0.4, -0.2) is 19.2 Å². The average Bonchev–Trinajstić information content (AvgIpc) is 2.52. The van der Waals surface area contributed by atoms with Crippen LogP contribution in [0.4, 0.5) is 0 Å². The van der Waals surface area contributed by atoms with Crippen LogP contribution in [0.5, 0.6) is 11.6 Å². The zero-order chi connectivity index (χ0) is 14.8. The van der Waals surface area contributed by atoms with Crippen LogP contribution in [0.25, 0.3) is 22.0 Å². The van der Waals surface area contributed by atoms with Crippen LogP contribution in [-0.2, 0) is 0 Å². The van der Waals surface area contributed by atoms with E-state index in [1.807, 2.05) is 48.5 Å². The molecule has 0 spiro atoms. The van der Waals surface area contributed by atoms with E-state index in [0.29, 0.717) is 5.88 Å². The fourth-order valence-electron chi connectivity index (χ4n) is 2.42. The highest BCUT2D eigenvalue weighted by Crippen LogP contribution is 2.42. The summed E-state index contributed by atoms with van der Waals surface area (Å²) in [7, 11) is 3.29. The molecule has 0 radical (unpaired) electrons. The Bertz CT molecular complexity index is 802. The first-order chi connectivity index (χ1) is 10.2. The van der Waals surface area contributed by atoms with Gasteiger partial charge in [-0.2, -0.15) is 0 Å². The number of pyridine rings is 1. The van der Waals surface area contributed by atoms with Crippen molar-refractivity contribution in [3.05, 3.63) is 53.0 Å². The Kier molecular flexibility index (Phi) is 3.80. The van der Waals surface area contributed by atoms with Crippen LogP contribution in [0.15, 0.2) is 53.0 Å². The third-order valence-corrected chi connectivity index (χ3v) is 3.82. The molecule has 0 aliphatic rings. The third kappa shape index (κ3) is 2.47. The highest BCUT2D eigenvalue weighted by Gasteiger charge is 2.18. The Balaban J connectivity index is 2.39. The summed E-state index contributed by atoms with van der Waals surface area (Å²) in [6.07, 6.45) is 0. The Morgan fingerprint density at radius 2 is 1.76 bits per heavy atom. The smallest absolute Gasteiger partial charge is 0.225 e. The first-order valence-electron chi connectivity index (χ1n) is 6.51. The lowest BCUT2D eigenvalue weighted by atomic mass is 10.0. The molecule has 3 rings (SSSR count). The van der Waals surface area contributed by atoms with Gasteiger partial charge in [-0.1, -0.05) is 40.2 Å². The zero-order valence-electron chi connectivity index (χ0n) is 11.8. The van der Waals surface area contributed by atoms with Crippen molar-refractivity contribution in [2.45, 2.75) is 0 Å². The molecular weight excluding hydrogens is 330 g/mol. The van der Waals surface area contributed by atoms with Crippen LogP contribution in [0.3, 0.4) is 0 Å². The SMILES string of the molecule is COc1nc2ccccc2c(OC)c1-c1cccc(Br)c1. The van der Waals surface area contributed by atoms with Gasteiger partial charge in [0.2, 0.25) is 5.88 Å². The molecule has 0 aliphatic heterocycles. The quantitative estimate of drug-likeness (QED) is 0.691. The molecule has 4 heteroatoms. The van der Waals surface area contributed by atoms with Gasteiger partial charge in [0.15, 0.2) is 0 Å². The van der Waals surface area contributed by atoms with Gasteiger partial charge in [-0.15, -0.1) is 0 Å². The summed E-state index contributed by atoms with van der Waals surface area (Å²) in [6.45, 7) is 0. The first kappa shape index (κ1) is 13.9. The number of hydrogen-bond acceptors (Lipinski definition) is 3. The van der Waals surface area contributed by atoms with Crippen molar-refractivity contribution in [3.63, 3.8) is 0 Å². The molecule has 3 nitrogen and oxygen atoms in total. The maximum atomic E-state index is 5.66. The van der Waals surface area contributed by atoms with Crippen molar-refractivity contribution in [2.75, 3.05) is 14.2 Å². The molecule has 0 N–H and O–H groups in total. The number of nitrogens with zero attached hydrogens (tertiary/aromatic N) is 1. The minimum absolute atomic E-state index is 0.559. The summed E-state index contributed by atoms with van der Waals surface area (Å²) in [4.78, 5) is 4.59. The number of benzene rings is 2.